The number of carbonyl (C=O) groups is 1. The van der Waals surface area contributed by atoms with E-state index in [0.29, 0.717) is 16.9 Å². The fourth-order valence-electron chi connectivity index (χ4n) is 4.41. The van der Waals surface area contributed by atoms with Crippen molar-refractivity contribution in [3.8, 4) is 0 Å². The van der Waals surface area contributed by atoms with E-state index in [4.69, 9.17) is 5.73 Å². The van der Waals surface area contributed by atoms with E-state index in [1.165, 1.54) is 25.3 Å². The number of fused-ring (bicyclic) bond motifs is 1. The molecule has 2 aromatic heterocycles. The third kappa shape index (κ3) is 7.10. The molecule has 0 unspecified atom stereocenters. The minimum absolute atomic E-state index is 0.0344. The summed E-state index contributed by atoms with van der Waals surface area (Å²) < 4.78 is 53.1. The zero-order valence-electron chi connectivity index (χ0n) is 23.4. The summed E-state index contributed by atoms with van der Waals surface area (Å²) in [7, 11) is -4.18. The number of aliphatic carboxylic acids is 1. The number of carboxylic acid groups (broad SMARTS) is 1. The van der Waals surface area contributed by atoms with Gasteiger partial charge in [0.2, 0.25) is 10.0 Å². The Kier molecular flexibility index (Phi) is 9.76. The van der Waals surface area contributed by atoms with Crippen LogP contribution < -0.4 is 4.90 Å². The molecule has 44 heavy (non-hydrogen) atoms. The number of hydrogen-bond acceptors (Lipinski definition) is 9. The molecule has 1 aliphatic rings. The Hall–Kier alpha value is -4.67. The van der Waals surface area contributed by atoms with Gasteiger partial charge < -0.3 is 15.7 Å². The highest BCUT2D eigenvalue weighted by Crippen LogP contribution is 2.31. The van der Waals surface area contributed by atoms with Gasteiger partial charge in [0.1, 0.15) is 17.4 Å². The van der Waals surface area contributed by atoms with Gasteiger partial charge in [-0.15, -0.1) is 6.54 Å². The van der Waals surface area contributed by atoms with Gasteiger partial charge in [0.25, 0.3) is 11.6 Å². The largest absolute Gasteiger partial charge is 0.674 e. The first-order chi connectivity index (χ1) is 20.9. The monoisotopic (exact) mass is 628 g/mol. The van der Waals surface area contributed by atoms with Crippen molar-refractivity contribution in [2.45, 2.75) is 36.7 Å². The van der Waals surface area contributed by atoms with Crippen LogP contribution >= 0.6 is 0 Å². The maximum Gasteiger partial charge on any atom is 0.323 e. The van der Waals surface area contributed by atoms with E-state index in [0.717, 1.165) is 34.1 Å². The Labute approximate surface area is 251 Å². The fraction of sp³-hybridized carbons (Fsp3) is 0.286. The van der Waals surface area contributed by atoms with E-state index in [9.17, 15) is 37.2 Å². The molecule has 2 N–H and O–H groups in total. The Morgan fingerprint density at radius 3 is 2.36 bits per heavy atom. The molecule has 1 atom stereocenters. The number of rotatable bonds is 8. The number of aromatic nitrogens is 3. The second kappa shape index (κ2) is 13.3. The molecule has 0 radical (unpaired) electrons. The molecule has 0 amide bonds. The first-order valence-corrected chi connectivity index (χ1v) is 14.7. The van der Waals surface area contributed by atoms with Crippen molar-refractivity contribution >= 4 is 38.5 Å². The van der Waals surface area contributed by atoms with Crippen molar-refractivity contribution in [1.29, 1.82) is 0 Å². The molecule has 3 heterocycles. The Bertz CT molecular complexity index is 1740. The van der Waals surface area contributed by atoms with Crippen LogP contribution in [0.5, 0.6) is 0 Å². The van der Waals surface area contributed by atoms with Gasteiger partial charge in [-0.25, -0.2) is 27.2 Å². The lowest BCUT2D eigenvalue weighted by Gasteiger charge is -2.38. The summed E-state index contributed by atoms with van der Waals surface area (Å²) in [5.74, 6) is -3.62. The SMILES string of the molecule is CCC(F)(F)c1ccc(C[NH-])cc1.O=C(O)[C@H]1CN(c2cnc3cnccc3n2)CCN1S(=O)(=O)c1ccc([N+](=O)[O-])cc1. The number of non-ortho nitro benzene ring substituents is 1. The Morgan fingerprint density at radius 2 is 1.77 bits per heavy atom. The summed E-state index contributed by atoms with van der Waals surface area (Å²) in [5, 5.41) is 20.5. The first kappa shape index (κ1) is 32.2. The van der Waals surface area contributed by atoms with Crippen molar-refractivity contribution in [2.24, 2.45) is 0 Å². The fourth-order valence-corrected chi connectivity index (χ4v) is 5.98. The molecule has 2 aromatic carbocycles. The molecule has 1 saturated heterocycles. The van der Waals surface area contributed by atoms with Gasteiger partial charge in [0.05, 0.1) is 27.7 Å². The van der Waals surface area contributed by atoms with Crippen molar-refractivity contribution in [2.75, 3.05) is 24.5 Å². The van der Waals surface area contributed by atoms with Crippen LogP contribution in [0, 0.1) is 10.1 Å². The highest BCUT2D eigenvalue weighted by atomic mass is 32.2. The predicted molar refractivity (Wildman–Crippen MR) is 157 cm³/mol. The number of pyridine rings is 1. The molecule has 0 bridgehead atoms. The number of anilines is 1. The van der Waals surface area contributed by atoms with Crippen LogP contribution in [0.25, 0.3) is 16.8 Å². The van der Waals surface area contributed by atoms with Crippen LogP contribution in [-0.4, -0.2) is 69.4 Å². The number of alkyl halides is 2. The molecule has 0 spiro atoms. The molecule has 0 aliphatic carbocycles. The highest BCUT2D eigenvalue weighted by Gasteiger charge is 2.41. The molecule has 5 rings (SSSR count). The number of benzene rings is 2. The van der Waals surface area contributed by atoms with Gasteiger partial charge in [-0.2, -0.15) is 4.31 Å². The molecular formula is C28H28F2N7O6S-. The summed E-state index contributed by atoms with van der Waals surface area (Å²) >= 11 is 0. The average Bonchev–Trinajstić information content (AvgIpc) is 3.04. The van der Waals surface area contributed by atoms with E-state index >= 15 is 0 Å². The molecule has 4 aromatic rings. The molecule has 0 saturated carbocycles. The van der Waals surface area contributed by atoms with Gasteiger partial charge in [0.15, 0.2) is 0 Å². The lowest BCUT2D eigenvalue weighted by atomic mass is 10.0. The van der Waals surface area contributed by atoms with Crippen LogP contribution in [0.3, 0.4) is 0 Å². The molecule has 1 aliphatic heterocycles. The average molecular weight is 629 g/mol. The summed E-state index contributed by atoms with van der Waals surface area (Å²) in [6.45, 7) is 1.55. The van der Waals surface area contributed by atoms with Crippen molar-refractivity contribution in [3.05, 3.63) is 100 Å². The normalized spacial score (nSPS) is 15.8. The molecule has 1 fully saturated rings. The zero-order chi connectivity index (χ0) is 32.1. The van der Waals surface area contributed by atoms with Crippen LogP contribution in [0.1, 0.15) is 24.5 Å². The van der Waals surface area contributed by atoms with Crippen LogP contribution in [-0.2, 0) is 27.3 Å². The van der Waals surface area contributed by atoms with E-state index in [1.807, 2.05) is 0 Å². The lowest BCUT2D eigenvalue weighted by Crippen LogP contribution is -2.58. The van der Waals surface area contributed by atoms with Gasteiger partial charge in [-0.1, -0.05) is 36.8 Å². The number of piperazine rings is 1. The topological polar surface area (TPSA) is 184 Å². The Balaban J connectivity index is 0.000000285. The van der Waals surface area contributed by atoms with Gasteiger partial charge in [-0.05, 0) is 18.2 Å². The molecule has 16 heteroatoms. The van der Waals surface area contributed by atoms with Crippen LogP contribution in [0.4, 0.5) is 20.3 Å². The molecule has 232 valence electrons. The summed E-state index contributed by atoms with van der Waals surface area (Å²) in [4.78, 5) is 36.2. The van der Waals surface area contributed by atoms with Gasteiger partial charge >= 0.3 is 5.97 Å². The minimum Gasteiger partial charge on any atom is -0.674 e. The van der Waals surface area contributed by atoms with Gasteiger partial charge in [-0.3, -0.25) is 19.9 Å². The number of nitro benzene ring substituents is 1. The summed E-state index contributed by atoms with van der Waals surface area (Å²) in [6.07, 6.45) is 4.42. The second-order valence-electron chi connectivity index (χ2n) is 9.69. The van der Waals surface area contributed by atoms with E-state index in [2.05, 4.69) is 15.0 Å². The zero-order valence-corrected chi connectivity index (χ0v) is 24.2. The smallest absolute Gasteiger partial charge is 0.323 e. The summed E-state index contributed by atoms with van der Waals surface area (Å²) in [6, 6.07) is 10.6. The van der Waals surface area contributed by atoms with Crippen molar-refractivity contribution in [1.82, 2.24) is 19.3 Å². The Morgan fingerprint density at radius 1 is 1.09 bits per heavy atom. The number of sulfonamides is 1. The number of halogens is 2. The van der Waals surface area contributed by atoms with E-state index in [-0.39, 0.29) is 48.7 Å². The number of nitro groups is 1. The van der Waals surface area contributed by atoms with Crippen molar-refractivity contribution < 1.29 is 32.0 Å². The van der Waals surface area contributed by atoms with E-state index < -0.39 is 32.9 Å². The maximum absolute atomic E-state index is 13.1. The highest BCUT2D eigenvalue weighted by molar-refractivity contribution is 7.89. The minimum atomic E-state index is -4.18. The third-order valence-corrected chi connectivity index (χ3v) is 8.87. The van der Waals surface area contributed by atoms with Gasteiger partial charge in [0, 0.05) is 49.9 Å². The number of hydrogen-bond donors (Lipinski definition) is 1. The molecule has 13 nitrogen and oxygen atoms in total. The summed E-state index contributed by atoms with van der Waals surface area (Å²) in [5.41, 5.74) is 8.73. The van der Waals surface area contributed by atoms with Crippen LogP contribution in [0.2, 0.25) is 0 Å². The number of nitrogens with zero attached hydrogens (tertiary/aromatic N) is 6. The number of carboxylic acids is 1. The quantitative estimate of drug-likeness (QED) is 0.213. The van der Waals surface area contributed by atoms with E-state index in [1.54, 1.807) is 35.5 Å². The predicted octanol–water partition coefficient (Wildman–Crippen LogP) is 4.64. The molecular weight excluding hydrogens is 600 g/mol. The van der Waals surface area contributed by atoms with Crippen LogP contribution in [0.15, 0.2) is 78.1 Å². The second-order valence-corrected chi connectivity index (χ2v) is 11.6. The lowest BCUT2D eigenvalue weighted by molar-refractivity contribution is -0.384. The maximum atomic E-state index is 13.1. The van der Waals surface area contributed by atoms with Crippen molar-refractivity contribution in [3.63, 3.8) is 0 Å². The standard InChI is InChI=1S/C18H16N6O6S.C10H12F2N/c25-18(26)16-11-22(17-10-20-15-9-19-6-5-14(15)21-17)7-8-23(16)31(29,30)13-3-1-12(2-4-13)24(27)28;1-2-10(11,12)9-5-3-8(7-13)4-6-9/h1-6,9-10,16H,7-8,11H2,(H,25,26);3-6,13H,2,7H2,1H3/q;-1/t16-;/m1./s1. The third-order valence-electron chi connectivity index (χ3n) is 6.95. The first-order valence-electron chi connectivity index (χ1n) is 13.3. The number of nitrogens with one attached hydrogen (secondary N) is 1.